The molecule has 2 saturated heterocycles. The smallest absolute Gasteiger partial charge is 0.161 e. The first-order valence-corrected chi connectivity index (χ1v) is 10.6. The lowest BCUT2D eigenvalue weighted by Gasteiger charge is -2.19. The maximum absolute atomic E-state index is 9.89. The molecule has 2 aliphatic heterocycles. The monoisotopic (exact) mass is 426 g/mol. The third kappa shape index (κ3) is 4.36. The van der Waals surface area contributed by atoms with Gasteiger partial charge in [-0.2, -0.15) is 0 Å². The van der Waals surface area contributed by atoms with E-state index in [4.69, 9.17) is 23.7 Å². The highest BCUT2D eigenvalue weighted by Gasteiger charge is 2.48. The first kappa shape index (κ1) is 21.5. The summed E-state index contributed by atoms with van der Waals surface area (Å²) in [6.45, 7) is 5.83. The fourth-order valence-electron chi connectivity index (χ4n) is 4.38. The fraction of sp³-hybridized carbons (Fsp3) is 0.440. The van der Waals surface area contributed by atoms with Crippen LogP contribution in [0.15, 0.2) is 48.0 Å². The summed E-state index contributed by atoms with van der Waals surface area (Å²) < 4.78 is 29.1. The van der Waals surface area contributed by atoms with Crippen LogP contribution in [0.2, 0.25) is 0 Å². The van der Waals surface area contributed by atoms with Gasteiger partial charge in [-0.1, -0.05) is 17.7 Å². The van der Waals surface area contributed by atoms with Crippen LogP contribution in [-0.2, 0) is 9.47 Å². The highest BCUT2D eigenvalue weighted by Crippen LogP contribution is 2.51. The van der Waals surface area contributed by atoms with Crippen molar-refractivity contribution in [3.63, 3.8) is 0 Å². The van der Waals surface area contributed by atoms with Crippen LogP contribution in [0, 0.1) is 11.8 Å². The first-order chi connectivity index (χ1) is 15.0. The van der Waals surface area contributed by atoms with E-state index in [0.717, 1.165) is 16.9 Å². The first-order valence-electron chi connectivity index (χ1n) is 10.6. The van der Waals surface area contributed by atoms with Gasteiger partial charge in [0.1, 0.15) is 6.61 Å². The van der Waals surface area contributed by atoms with Gasteiger partial charge in [0.15, 0.2) is 23.0 Å². The van der Waals surface area contributed by atoms with Crippen LogP contribution in [0.1, 0.15) is 37.2 Å². The zero-order chi connectivity index (χ0) is 22.0. The summed E-state index contributed by atoms with van der Waals surface area (Å²) >= 11 is 0. The molecule has 2 aromatic rings. The minimum Gasteiger partial charge on any atom is -0.504 e. The second-order valence-corrected chi connectivity index (χ2v) is 8.27. The largest absolute Gasteiger partial charge is 0.504 e. The van der Waals surface area contributed by atoms with Gasteiger partial charge in [0.2, 0.25) is 0 Å². The predicted octanol–water partition coefficient (Wildman–Crippen LogP) is 4.83. The number of fused-ring (bicyclic) bond motifs is 1. The van der Waals surface area contributed by atoms with Gasteiger partial charge in [-0.05, 0) is 55.3 Å². The molecular weight excluding hydrogens is 396 g/mol. The summed E-state index contributed by atoms with van der Waals surface area (Å²) in [5.74, 6) is 2.47. The molecule has 2 fully saturated rings. The molecule has 0 bridgehead atoms. The third-order valence-electron chi connectivity index (χ3n) is 6.04. The van der Waals surface area contributed by atoms with E-state index in [1.165, 1.54) is 5.57 Å². The number of phenolic OH excluding ortho intramolecular Hbond substituents is 1. The Kier molecular flexibility index (Phi) is 6.39. The van der Waals surface area contributed by atoms with Crippen molar-refractivity contribution in [1.29, 1.82) is 0 Å². The maximum atomic E-state index is 9.89. The van der Waals surface area contributed by atoms with Crippen LogP contribution in [0.25, 0.3) is 0 Å². The van der Waals surface area contributed by atoms with Crippen molar-refractivity contribution in [2.75, 3.05) is 34.0 Å². The van der Waals surface area contributed by atoms with Gasteiger partial charge in [0.05, 0.1) is 39.6 Å². The van der Waals surface area contributed by atoms with Gasteiger partial charge >= 0.3 is 0 Å². The Balaban J connectivity index is 1.51. The summed E-state index contributed by atoms with van der Waals surface area (Å²) in [5.41, 5.74) is 3.27. The molecular formula is C25H30O6. The third-order valence-corrected chi connectivity index (χ3v) is 6.04. The molecule has 0 amide bonds. The van der Waals surface area contributed by atoms with Gasteiger partial charge in [0.25, 0.3) is 0 Å². The minimum absolute atomic E-state index is 0.0604. The fourth-order valence-corrected chi connectivity index (χ4v) is 4.38. The van der Waals surface area contributed by atoms with Gasteiger partial charge in [-0.25, -0.2) is 0 Å². The normalized spacial score (nSPS) is 24.5. The zero-order valence-electron chi connectivity index (χ0n) is 18.5. The average molecular weight is 427 g/mol. The van der Waals surface area contributed by atoms with Gasteiger partial charge in [0, 0.05) is 11.8 Å². The van der Waals surface area contributed by atoms with Gasteiger partial charge < -0.3 is 28.8 Å². The molecule has 4 rings (SSSR count). The number of methoxy groups -OCH3 is 2. The molecule has 6 heteroatoms. The number of allylic oxidation sites excluding steroid dienone is 1. The van der Waals surface area contributed by atoms with E-state index >= 15 is 0 Å². The van der Waals surface area contributed by atoms with Crippen LogP contribution in [0.5, 0.6) is 23.0 Å². The quantitative estimate of drug-likeness (QED) is 0.640. The van der Waals surface area contributed by atoms with Crippen LogP contribution in [0.3, 0.4) is 0 Å². The molecule has 1 N–H and O–H groups in total. The van der Waals surface area contributed by atoms with Crippen LogP contribution >= 0.6 is 0 Å². The SMILES string of the molecule is COc1cc([C@@H]2OC[C@@H]3[C@@H]2CO[C@H]3c2ccc(OCC=C(C)C)c(OC)c2)ccc1O. The lowest BCUT2D eigenvalue weighted by Crippen LogP contribution is -2.14. The maximum Gasteiger partial charge on any atom is 0.161 e. The molecule has 6 nitrogen and oxygen atoms in total. The Hall–Kier alpha value is -2.70. The summed E-state index contributed by atoms with van der Waals surface area (Å²) in [6, 6.07) is 11.4. The van der Waals surface area contributed by atoms with Crippen molar-refractivity contribution < 1.29 is 28.8 Å². The summed E-state index contributed by atoms with van der Waals surface area (Å²) in [5, 5.41) is 9.89. The topological polar surface area (TPSA) is 66.4 Å². The lowest BCUT2D eigenvalue weighted by molar-refractivity contribution is 0.0191. The van der Waals surface area contributed by atoms with Crippen LogP contribution in [-0.4, -0.2) is 39.1 Å². The van der Waals surface area contributed by atoms with E-state index in [0.29, 0.717) is 31.3 Å². The molecule has 4 atom stereocenters. The molecule has 2 aliphatic rings. The van der Waals surface area contributed by atoms with E-state index < -0.39 is 0 Å². The van der Waals surface area contributed by atoms with Gasteiger partial charge in [-0.15, -0.1) is 0 Å². The molecule has 0 spiro atoms. The second-order valence-electron chi connectivity index (χ2n) is 8.27. The second kappa shape index (κ2) is 9.20. The molecule has 31 heavy (non-hydrogen) atoms. The highest BCUT2D eigenvalue weighted by atomic mass is 16.5. The molecule has 2 aromatic carbocycles. The molecule has 0 aromatic heterocycles. The molecule has 2 heterocycles. The van der Waals surface area contributed by atoms with E-state index in [1.54, 1.807) is 20.3 Å². The molecule has 0 unspecified atom stereocenters. The standard InChI is InChI=1S/C25H30O6/c1-15(2)9-10-29-21-8-6-17(12-23(21)28-4)25-19-14-30-24(18(19)13-31-25)16-5-7-20(26)22(11-16)27-3/h5-9,11-12,18-19,24-26H,10,13-14H2,1-4H3/t18-,19+,24-,25-/m0/s1. The summed E-state index contributed by atoms with van der Waals surface area (Å²) in [6.07, 6.45) is 1.89. The van der Waals surface area contributed by atoms with Crippen molar-refractivity contribution >= 4 is 0 Å². The van der Waals surface area contributed by atoms with Crippen molar-refractivity contribution in [3.05, 3.63) is 59.2 Å². The van der Waals surface area contributed by atoms with Crippen LogP contribution < -0.4 is 14.2 Å². The number of benzene rings is 2. The minimum atomic E-state index is -0.0851. The Morgan fingerprint density at radius 1 is 0.903 bits per heavy atom. The van der Waals surface area contributed by atoms with Crippen molar-refractivity contribution in [3.8, 4) is 23.0 Å². The van der Waals surface area contributed by atoms with Crippen molar-refractivity contribution in [2.24, 2.45) is 11.8 Å². The molecule has 0 aliphatic carbocycles. The molecule has 0 saturated carbocycles. The highest BCUT2D eigenvalue weighted by molar-refractivity contribution is 5.45. The van der Waals surface area contributed by atoms with Crippen LogP contribution in [0.4, 0.5) is 0 Å². The number of ether oxygens (including phenoxy) is 5. The number of aromatic hydroxyl groups is 1. The number of hydrogen-bond acceptors (Lipinski definition) is 6. The Morgan fingerprint density at radius 2 is 1.48 bits per heavy atom. The predicted molar refractivity (Wildman–Crippen MR) is 117 cm³/mol. The Bertz CT molecular complexity index is 949. The van der Waals surface area contributed by atoms with E-state index in [1.807, 2.05) is 50.3 Å². The zero-order valence-corrected chi connectivity index (χ0v) is 18.5. The molecule has 166 valence electrons. The number of hydrogen-bond donors (Lipinski definition) is 1. The van der Waals surface area contributed by atoms with E-state index in [-0.39, 0.29) is 29.8 Å². The average Bonchev–Trinajstić information content (AvgIpc) is 3.36. The Morgan fingerprint density at radius 3 is 2.06 bits per heavy atom. The summed E-state index contributed by atoms with van der Waals surface area (Å²) in [4.78, 5) is 0. The number of phenols is 1. The van der Waals surface area contributed by atoms with E-state index in [9.17, 15) is 5.11 Å². The lowest BCUT2D eigenvalue weighted by atomic mass is 9.85. The van der Waals surface area contributed by atoms with Crippen molar-refractivity contribution in [1.82, 2.24) is 0 Å². The Labute approximate surface area is 183 Å². The number of rotatable bonds is 7. The van der Waals surface area contributed by atoms with Gasteiger partial charge in [-0.3, -0.25) is 0 Å². The van der Waals surface area contributed by atoms with E-state index in [2.05, 4.69) is 0 Å². The summed E-state index contributed by atoms with van der Waals surface area (Å²) in [7, 11) is 3.20. The van der Waals surface area contributed by atoms with Crippen molar-refractivity contribution in [2.45, 2.75) is 26.1 Å². The molecule has 0 radical (unpaired) electrons.